The lowest BCUT2D eigenvalue weighted by Crippen LogP contribution is -2.27. The molecule has 0 saturated carbocycles. The zero-order valence-corrected chi connectivity index (χ0v) is 17.9. The summed E-state index contributed by atoms with van der Waals surface area (Å²) in [5.41, 5.74) is 1.02. The molecule has 7 heteroatoms. The Labute approximate surface area is 189 Å². The van der Waals surface area contributed by atoms with Crippen LogP contribution in [0.4, 0.5) is 9.18 Å². The van der Waals surface area contributed by atoms with E-state index < -0.39 is 17.0 Å². The molecule has 0 aliphatic carbocycles. The number of halogens is 1. The predicted octanol–water partition coefficient (Wildman–Crippen LogP) is 5.52. The van der Waals surface area contributed by atoms with E-state index in [4.69, 9.17) is 9.47 Å². The average molecular weight is 450 g/mol. The standard InChI is InChI=1S/C25H20FNO4S/c26-22-12-5-4-8-19(22)17-27-24(28)23(32-25(27)29)16-18-7-6-11-21(15-18)31-14-13-30-20-9-2-1-3-10-20/h1-12,15-16H,13-14,17H2/b23-16+. The normalized spacial score (nSPS) is 14.8. The highest BCUT2D eigenvalue weighted by atomic mass is 32.2. The highest BCUT2D eigenvalue weighted by Crippen LogP contribution is 2.34. The molecule has 4 rings (SSSR count). The number of imide groups is 1. The zero-order valence-electron chi connectivity index (χ0n) is 17.1. The molecule has 0 radical (unpaired) electrons. The lowest BCUT2D eigenvalue weighted by molar-refractivity contribution is -0.123. The van der Waals surface area contributed by atoms with Crippen LogP contribution in [0.2, 0.25) is 0 Å². The Kier molecular flexibility index (Phi) is 6.87. The van der Waals surface area contributed by atoms with Crippen LogP contribution in [-0.2, 0) is 11.3 Å². The molecule has 2 amide bonds. The fraction of sp³-hybridized carbons (Fsp3) is 0.120. The topological polar surface area (TPSA) is 55.8 Å². The minimum absolute atomic E-state index is 0.0980. The Morgan fingerprint density at radius 1 is 0.844 bits per heavy atom. The van der Waals surface area contributed by atoms with Gasteiger partial charge in [0.05, 0.1) is 11.4 Å². The quantitative estimate of drug-likeness (QED) is 0.335. The molecule has 1 fully saturated rings. The molecule has 0 atom stereocenters. The Hall–Kier alpha value is -3.58. The van der Waals surface area contributed by atoms with Crippen LogP contribution in [0.1, 0.15) is 11.1 Å². The van der Waals surface area contributed by atoms with Gasteiger partial charge >= 0.3 is 0 Å². The van der Waals surface area contributed by atoms with Gasteiger partial charge in [-0.25, -0.2) is 4.39 Å². The molecule has 1 aliphatic rings. The lowest BCUT2D eigenvalue weighted by atomic mass is 10.2. The Balaban J connectivity index is 1.37. The second kappa shape index (κ2) is 10.2. The van der Waals surface area contributed by atoms with E-state index in [-0.39, 0.29) is 11.4 Å². The van der Waals surface area contributed by atoms with Crippen LogP contribution in [0.5, 0.6) is 11.5 Å². The minimum Gasteiger partial charge on any atom is -0.490 e. The van der Waals surface area contributed by atoms with E-state index in [1.54, 1.807) is 30.3 Å². The number of nitrogens with zero attached hydrogens (tertiary/aromatic N) is 1. The maximum absolute atomic E-state index is 13.9. The van der Waals surface area contributed by atoms with Gasteiger partial charge in [0.1, 0.15) is 30.5 Å². The van der Waals surface area contributed by atoms with Crippen molar-refractivity contribution < 1.29 is 23.5 Å². The fourth-order valence-corrected chi connectivity index (χ4v) is 3.95. The van der Waals surface area contributed by atoms with Crippen molar-refractivity contribution in [2.45, 2.75) is 6.54 Å². The van der Waals surface area contributed by atoms with Gasteiger partial charge in [0.25, 0.3) is 11.1 Å². The van der Waals surface area contributed by atoms with Crippen molar-refractivity contribution in [3.8, 4) is 11.5 Å². The Morgan fingerprint density at radius 2 is 1.53 bits per heavy atom. The summed E-state index contributed by atoms with van der Waals surface area (Å²) in [4.78, 5) is 26.4. The number of carbonyl (C=O) groups is 2. The van der Waals surface area contributed by atoms with E-state index in [0.717, 1.165) is 28.0 Å². The van der Waals surface area contributed by atoms with Crippen molar-refractivity contribution in [2.24, 2.45) is 0 Å². The van der Waals surface area contributed by atoms with Crippen LogP contribution in [0.3, 0.4) is 0 Å². The van der Waals surface area contributed by atoms with Crippen LogP contribution in [-0.4, -0.2) is 29.3 Å². The summed E-state index contributed by atoms with van der Waals surface area (Å²) in [5.74, 6) is 0.513. The molecule has 3 aromatic rings. The first-order chi connectivity index (χ1) is 15.6. The zero-order chi connectivity index (χ0) is 22.3. The van der Waals surface area contributed by atoms with E-state index in [9.17, 15) is 14.0 Å². The van der Waals surface area contributed by atoms with E-state index >= 15 is 0 Å². The van der Waals surface area contributed by atoms with Gasteiger partial charge in [-0.3, -0.25) is 14.5 Å². The van der Waals surface area contributed by atoms with E-state index in [1.165, 1.54) is 6.07 Å². The second-order valence-electron chi connectivity index (χ2n) is 6.94. The van der Waals surface area contributed by atoms with Crippen LogP contribution < -0.4 is 9.47 Å². The first-order valence-electron chi connectivity index (χ1n) is 9.99. The maximum Gasteiger partial charge on any atom is 0.293 e. The van der Waals surface area contributed by atoms with E-state index in [2.05, 4.69) is 0 Å². The number of thioether (sulfide) groups is 1. The van der Waals surface area contributed by atoms with Crippen molar-refractivity contribution in [1.82, 2.24) is 4.90 Å². The predicted molar refractivity (Wildman–Crippen MR) is 122 cm³/mol. The van der Waals surface area contributed by atoms with Gasteiger partial charge in [0.2, 0.25) is 0 Å². The summed E-state index contributed by atoms with van der Waals surface area (Å²) < 4.78 is 25.3. The van der Waals surface area contributed by atoms with Crippen LogP contribution in [0.15, 0.2) is 83.8 Å². The summed E-state index contributed by atoms with van der Waals surface area (Å²) in [7, 11) is 0. The largest absolute Gasteiger partial charge is 0.490 e. The smallest absolute Gasteiger partial charge is 0.293 e. The van der Waals surface area contributed by atoms with Crippen LogP contribution in [0, 0.1) is 5.82 Å². The van der Waals surface area contributed by atoms with Crippen molar-refractivity contribution in [3.05, 3.63) is 101 Å². The van der Waals surface area contributed by atoms with Crippen molar-refractivity contribution >= 4 is 29.0 Å². The number of para-hydroxylation sites is 1. The summed E-state index contributed by atoms with van der Waals surface area (Å²) in [5, 5.41) is -0.421. The molecule has 162 valence electrons. The van der Waals surface area contributed by atoms with E-state index in [0.29, 0.717) is 24.5 Å². The number of ether oxygens (including phenoxy) is 2. The molecule has 1 aliphatic heterocycles. The molecule has 0 bridgehead atoms. The summed E-state index contributed by atoms with van der Waals surface area (Å²) >= 11 is 0.842. The van der Waals surface area contributed by atoms with E-state index in [1.807, 2.05) is 48.5 Å². The van der Waals surface area contributed by atoms with Crippen molar-refractivity contribution in [1.29, 1.82) is 0 Å². The SMILES string of the molecule is O=C1S/C(=C/c2cccc(OCCOc3ccccc3)c2)C(=O)N1Cc1ccccc1F. The molecule has 1 saturated heterocycles. The number of hydrogen-bond acceptors (Lipinski definition) is 5. The Bertz CT molecular complexity index is 1150. The molecule has 1 heterocycles. The molecule has 0 unspecified atom stereocenters. The number of benzene rings is 3. The van der Waals surface area contributed by atoms with Crippen molar-refractivity contribution in [2.75, 3.05) is 13.2 Å². The van der Waals surface area contributed by atoms with Gasteiger partial charge in [-0.1, -0.05) is 48.5 Å². The van der Waals surface area contributed by atoms with Crippen LogP contribution >= 0.6 is 11.8 Å². The first-order valence-corrected chi connectivity index (χ1v) is 10.8. The average Bonchev–Trinajstić information content (AvgIpc) is 3.06. The molecule has 32 heavy (non-hydrogen) atoms. The maximum atomic E-state index is 13.9. The lowest BCUT2D eigenvalue weighted by Gasteiger charge is -2.12. The number of hydrogen-bond donors (Lipinski definition) is 0. The third kappa shape index (κ3) is 5.36. The number of carbonyl (C=O) groups excluding carboxylic acids is 2. The van der Waals surface area contributed by atoms with Gasteiger partial charge in [-0.2, -0.15) is 0 Å². The molecule has 0 N–H and O–H groups in total. The first kappa shape index (κ1) is 21.6. The molecular formula is C25H20FNO4S. The second-order valence-corrected chi connectivity index (χ2v) is 7.93. The van der Waals surface area contributed by atoms with Crippen molar-refractivity contribution in [3.63, 3.8) is 0 Å². The van der Waals surface area contributed by atoms with Gasteiger partial charge < -0.3 is 9.47 Å². The summed E-state index contributed by atoms with van der Waals surface area (Å²) in [6, 6.07) is 22.8. The highest BCUT2D eigenvalue weighted by molar-refractivity contribution is 8.18. The van der Waals surface area contributed by atoms with Gasteiger partial charge in [0, 0.05) is 5.56 Å². The van der Waals surface area contributed by atoms with Crippen LogP contribution in [0.25, 0.3) is 6.08 Å². The molecule has 0 spiro atoms. The molecule has 0 aromatic heterocycles. The molecule has 5 nitrogen and oxygen atoms in total. The highest BCUT2D eigenvalue weighted by Gasteiger charge is 2.35. The number of rotatable bonds is 8. The minimum atomic E-state index is -0.448. The fourth-order valence-electron chi connectivity index (χ4n) is 3.11. The Morgan fingerprint density at radius 3 is 2.31 bits per heavy atom. The summed E-state index contributed by atoms with van der Waals surface area (Å²) in [6.07, 6.45) is 1.64. The summed E-state index contributed by atoms with van der Waals surface area (Å²) in [6.45, 7) is 0.653. The molecule has 3 aromatic carbocycles. The monoisotopic (exact) mass is 449 g/mol. The molecular weight excluding hydrogens is 429 g/mol. The van der Waals surface area contributed by atoms with Gasteiger partial charge in [0.15, 0.2) is 0 Å². The van der Waals surface area contributed by atoms with Gasteiger partial charge in [-0.05, 0) is 53.7 Å². The number of amides is 2. The van der Waals surface area contributed by atoms with Gasteiger partial charge in [-0.15, -0.1) is 0 Å². The third-order valence-electron chi connectivity index (χ3n) is 4.68. The third-order valence-corrected chi connectivity index (χ3v) is 5.59.